The fourth-order valence-corrected chi connectivity index (χ4v) is 5.97. The molecule has 0 saturated heterocycles. The van der Waals surface area contributed by atoms with Crippen molar-refractivity contribution in [3.63, 3.8) is 0 Å². The molecule has 2 aromatic rings. The molecule has 3 rings (SSSR count). The Morgan fingerprint density at radius 2 is 1.48 bits per heavy atom. The van der Waals surface area contributed by atoms with Crippen molar-refractivity contribution >= 4 is 63.7 Å². The molecule has 5 nitrogen and oxygen atoms in total. The monoisotopic (exact) mass is 625 g/mol. The summed E-state index contributed by atoms with van der Waals surface area (Å²) in [4.78, 5) is 0. The van der Waals surface area contributed by atoms with E-state index in [1.807, 2.05) is 39.3 Å². The maximum Gasteiger partial charge on any atom is 0.190 e. The first-order chi connectivity index (χ1) is 12.7. The molecule has 0 saturated carbocycles. The summed E-state index contributed by atoms with van der Waals surface area (Å²) in [6.07, 6.45) is 0.559. The van der Waals surface area contributed by atoms with Crippen molar-refractivity contribution in [2.75, 3.05) is 21.1 Å². The molecule has 27 heavy (non-hydrogen) atoms. The number of phenols is 1. The van der Waals surface area contributed by atoms with Crippen LogP contribution in [0.25, 0.3) is 0 Å². The van der Waals surface area contributed by atoms with Crippen LogP contribution in [0, 0.1) is 0 Å². The fraction of sp³-hybridized carbons (Fsp3) is 0.333. The molecule has 2 aromatic carbocycles. The minimum absolute atomic E-state index is 0.153. The second-order valence-corrected chi connectivity index (χ2v) is 9.79. The van der Waals surface area contributed by atoms with Crippen LogP contribution >= 0.6 is 63.7 Å². The maximum atomic E-state index is 10.1. The average Bonchev–Trinajstić information content (AvgIpc) is 2.65. The molecule has 0 amide bonds. The highest BCUT2D eigenvalue weighted by molar-refractivity contribution is 9.11. The van der Waals surface area contributed by atoms with Crippen LogP contribution in [-0.4, -0.2) is 26.2 Å². The van der Waals surface area contributed by atoms with Gasteiger partial charge in [0.2, 0.25) is 0 Å². The molecule has 0 bridgehead atoms. The molecule has 0 aromatic heterocycles. The van der Waals surface area contributed by atoms with Crippen molar-refractivity contribution in [1.82, 2.24) is 16.0 Å². The Bertz CT molecular complexity index is 866. The standard InChI is InChI=1S/C18H19Br4N3O2/c1-23-17(24-2)8-18(25-3,9-4-12(20)15(26)13(21)5-9)27-16-11(17)6-10(19)7-14(16)22/h4-7,23-26H,8H2,1-3H3. The van der Waals surface area contributed by atoms with Crippen LogP contribution in [0.1, 0.15) is 17.5 Å². The molecular weight excluding hydrogens is 610 g/mol. The van der Waals surface area contributed by atoms with E-state index in [2.05, 4.69) is 85.7 Å². The number of fused-ring (bicyclic) bond motifs is 1. The molecule has 1 heterocycles. The molecule has 0 spiro atoms. The van der Waals surface area contributed by atoms with Crippen molar-refractivity contribution in [3.8, 4) is 11.5 Å². The minimum Gasteiger partial charge on any atom is -0.506 e. The van der Waals surface area contributed by atoms with Gasteiger partial charge in [-0.15, -0.1) is 0 Å². The van der Waals surface area contributed by atoms with Gasteiger partial charge in [0.15, 0.2) is 5.72 Å². The third-order valence-electron chi connectivity index (χ3n) is 5.00. The smallest absolute Gasteiger partial charge is 0.190 e. The molecule has 0 radical (unpaired) electrons. The Morgan fingerprint density at radius 1 is 0.889 bits per heavy atom. The quantitative estimate of drug-likeness (QED) is 0.364. The number of benzene rings is 2. The molecule has 1 aliphatic rings. The van der Waals surface area contributed by atoms with Gasteiger partial charge >= 0.3 is 0 Å². The number of halogens is 4. The zero-order valence-electron chi connectivity index (χ0n) is 14.9. The summed E-state index contributed by atoms with van der Waals surface area (Å²) in [5, 5.41) is 20.3. The van der Waals surface area contributed by atoms with Crippen LogP contribution in [0.3, 0.4) is 0 Å². The van der Waals surface area contributed by atoms with Crippen molar-refractivity contribution in [3.05, 3.63) is 53.3 Å². The number of hydrogen-bond acceptors (Lipinski definition) is 5. The van der Waals surface area contributed by atoms with Crippen LogP contribution in [0.2, 0.25) is 0 Å². The fourth-order valence-electron chi connectivity index (χ4n) is 3.47. The highest BCUT2D eigenvalue weighted by Crippen LogP contribution is 2.50. The SMILES string of the molecule is CNC1(NC)CC(NC)(c2cc(Br)c(O)c(Br)c2)Oc2c(Br)cc(Br)cc21. The number of ether oxygens (including phenoxy) is 1. The Morgan fingerprint density at radius 3 is 2.00 bits per heavy atom. The molecule has 1 unspecified atom stereocenters. The van der Waals surface area contributed by atoms with Crippen LogP contribution < -0.4 is 20.7 Å². The van der Waals surface area contributed by atoms with E-state index in [4.69, 9.17) is 4.74 Å². The lowest BCUT2D eigenvalue weighted by Crippen LogP contribution is -2.62. The lowest BCUT2D eigenvalue weighted by molar-refractivity contribution is -0.0323. The van der Waals surface area contributed by atoms with Gasteiger partial charge in [0.05, 0.1) is 13.4 Å². The van der Waals surface area contributed by atoms with Gasteiger partial charge in [-0.3, -0.25) is 16.0 Å². The first-order valence-corrected chi connectivity index (χ1v) is 11.3. The highest BCUT2D eigenvalue weighted by Gasteiger charge is 2.50. The highest BCUT2D eigenvalue weighted by atomic mass is 79.9. The van der Waals surface area contributed by atoms with Crippen molar-refractivity contribution in [2.45, 2.75) is 17.8 Å². The minimum atomic E-state index is -0.839. The van der Waals surface area contributed by atoms with Gasteiger partial charge in [0, 0.05) is 22.0 Å². The second-order valence-electron chi connectivity index (χ2n) is 6.31. The van der Waals surface area contributed by atoms with Crippen LogP contribution in [0.4, 0.5) is 0 Å². The van der Waals surface area contributed by atoms with Gasteiger partial charge in [0.25, 0.3) is 0 Å². The van der Waals surface area contributed by atoms with Gasteiger partial charge in [-0.2, -0.15) is 0 Å². The first-order valence-electron chi connectivity index (χ1n) is 8.15. The van der Waals surface area contributed by atoms with Gasteiger partial charge in [-0.1, -0.05) is 15.9 Å². The van der Waals surface area contributed by atoms with Crippen molar-refractivity contribution < 1.29 is 9.84 Å². The third-order valence-corrected chi connectivity index (χ3v) is 7.26. The van der Waals surface area contributed by atoms with Crippen molar-refractivity contribution in [1.29, 1.82) is 0 Å². The van der Waals surface area contributed by atoms with E-state index in [1.54, 1.807) is 0 Å². The summed E-state index contributed by atoms with van der Waals surface area (Å²) in [6.45, 7) is 0. The third kappa shape index (κ3) is 3.60. The van der Waals surface area contributed by atoms with Crippen LogP contribution in [0.15, 0.2) is 42.2 Å². The summed E-state index contributed by atoms with van der Waals surface area (Å²) < 4.78 is 9.55. The molecule has 4 N–H and O–H groups in total. The number of nitrogens with one attached hydrogen (secondary N) is 3. The molecule has 1 atom stereocenters. The van der Waals surface area contributed by atoms with E-state index in [9.17, 15) is 5.11 Å². The maximum absolute atomic E-state index is 10.1. The molecule has 146 valence electrons. The van der Waals surface area contributed by atoms with Gasteiger partial charge in [0.1, 0.15) is 17.2 Å². The lowest BCUT2D eigenvalue weighted by Gasteiger charge is -2.49. The van der Waals surface area contributed by atoms with Gasteiger partial charge < -0.3 is 9.84 Å². The summed E-state index contributed by atoms with van der Waals surface area (Å²) in [7, 11) is 5.70. The molecular formula is C18H19Br4N3O2. The average molecular weight is 629 g/mol. The number of aromatic hydroxyl groups is 1. The van der Waals surface area contributed by atoms with Crippen LogP contribution in [-0.2, 0) is 11.4 Å². The summed E-state index contributed by atoms with van der Waals surface area (Å²) in [5.41, 5.74) is 0.488. The van der Waals surface area contributed by atoms with Crippen molar-refractivity contribution in [2.24, 2.45) is 0 Å². The summed E-state index contributed by atoms with van der Waals surface area (Å²) in [5.74, 6) is 0.891. The molecule has 0 fully saturated rings. The van der Waals surface area contributed by atoms with E-state index < -0.39 is 11.4 Å². The predicted molar refractivity (Wildman–Crippen MR) is 121 cm³/mol. The van der Waals surface area contributed by atoms with E-state index in [0.717, 1.165) is 25.8 Å². The Hall–Kier alpha value is -0.160. The summed E-state index contributed by atoms with van der Waals surface area (Å²) in [6, 6.07) is 7.74. The largest absolute Gasteiger partial charge is 0.506 e. The van der Waals surface area contributed by atoms with Crippen LogP contribution in [0.5, 0.6) is 11.5 Å². The zero-order valence-corrected chi connectivity index (χ0v) is 21.2. The topological polar surface area (TPSA) is 65.5 Å². The lowest BCUT2D eigenvalue weighted by atomic mass is 9.83. The number of hydrogen-bond donors (Lipinski definition) is 4. The Balaban J connectivity index is 2.27. The first kappa shape index (κ1) is 21.5. The molecule has 9 heteroatoms. The number of phenolic OH excluding ortho intramolecular Hbond substituents is 1. The Kier molecular flexibility index (Phi) is 6.33. The van der Waals surface area contributed by atoms with E-state index >= 15 is 0 Å². The molecule has 1 aliphatic heterocycles. The van der Waals surface area contributed by atoms with E-state index in [0.29, 0.717) is 15.4 Å². The van der Waals surface area contributed by atoms with Gasteiger partial charge in [-0.05, 0) is 93.2 Å². The normalized spacial score (nSPS) is 20.9. The Labute approximate surface area is 192 Å². The summed E-state index contributed by atoms with van der Waals surface area (Å²) >= 11 is 14.1. The number of rotatable bonds is 4. The molecule has 0 aliphatic carbocycles. The zero-order chi connectivity index (χ0) is 20.0. The van der Waals surface area contributed by atoms with Gasteiger partial charge in [-0.25, -0.2) is 0 Å². The second kappa shape index (κ2) is 7.93. The van der Waals surface area contributed by atoms with E-state index in [1.165, 1.54) is 0 Å². The van der Waals surface area contributed by atoms with E-state index in [-0.39, 0.29) is 5.75 Å². The predicted octanol–water partition coefficient (Wildman–Crippen LogP) is 4.89.